The number of anilines is 1. The molecule has 2 aromatic carbocycles. The highest BCUT2D eigenvalue weighted by molar-refractivity contribution is 6.33. The number of carbonyl (C=O) groups is 1. The molecule has 0 bridgehead atoms. The van der Waals surface area contributed by atoms with Crippen LogP contribution in [0.15, 0.2) is 53.2 Å². The predicted octanol–water partition coefficient (Wildman–Crippen LogP) is 5.64. The lowest BCUT2D eigenvalue weighted by Gasteiger charge is -2.08. The molecule has 0 unspecified atom stereocenters. The van der Waals surface area contributed by atoms with Gasteiger partial charge in [-0.15, -0.1) is 0 Å². The molecule has 0 saturated heterocycles. The summed E-state index contributed by atoms with van der Waals surface area (Å²) in [7, 11) is 0. The second kappa shape index (κ2) is 9.50. The number of hydrogen-bond donors (Lipinski definition) is 1. The van der Waals surface area contributed by atoms with Crippen molar-refractivity contribution in [2.24, 2.45) is 0 Å². The highest BCUT2D eigenvalue weighted by Gasteiger charge is 2.22. The van der Waals surface area contributed by atoms with Crippen molar-refractivity contribution >= 4 is 23.3 Å². The average molecular weight is 465 g/mol. The van der Waals surface area contributed by atoms with E-state index in [0.717, 1.165) is 22.4 Å². The van der Waals surface area contributed by atoms with Crippen LogP contribution in [0, 0.1) is 27.7 Å². The van der Waals surface area contributed by atoms with Crippen LogP contribution in [0.3, 0.4) is 0 Å². The third-order valence-electron chi connectivity index (χ3n) is 5.19. The third kappa shape index (κ3) is 5.43. The van der Waals surface area contributed by atoms with Crippen molar-refractivity contribution in [2.75, 3.05) is 5.32 Å². The number of rotatable bonds is 7. The Balaban J connectivity index is 1.47. The number of hydrogen-bond acceptors (Lipinski definition) is 5. The van der Waals surface area contributed by atoms with Gasteiger partial charge >= 0.3 is 0 Å². The summed E-state index contributed by atoms with van der Waals surface area (Å²) in [6.45, 7) is 8.48. The number of aryl methyl sites for hydroxylation is 4. The quantitative estimate of drug-likeness (QED) is 0.383. The monoisotopic (exact) mass is 464 g/mol. The normalized spacial score (nSPS) is 10.9. The van der Waals surface area contributed by atoms with Gasteiger partial charge in [0.05, 0.1) is 12.1 Å². The third-order valence-corrected chi connectivity index (χ3v) is 5.47. The minimum absolute atomic E-state index is 0.140. The molecule has 2 aromatic heterocycles. The van der Waals surface area contributed by atoms with E-state index in [2.05, 4.69) is 21.6 Å². The highest BCUT2D eigenvalue weighted by atomic mass is 35.5. The smallest absolute Gasteiger partial charge is 0.279 e. The topological polar surface area (TPSA) is 82.2 Å². The fraction of sp³-hybridized carbons (Fsp3) is 0.240. The average Bonchev–Trinajstić information content (AvgIpc) is 3.29. The van der Waals surface area contributed by atoms with E-state index in [1.807, 2.05) is 57.2 Å². The van der Waals surface area contributed by atoms with Crippen LogP contribution in [0.5, 0.6) is 5.75 Å². The summed E-state index contributed by atoms with van der Waals surface area (Å²) in [4.78, 5) is 12.9. The summed E-state index contributed by atoms with van der Waals surface area (Å²) in [5.74, 6) is 1.03. The van der Waals surface area contributed by atoms with Gasteiger partial charge in [0.2, 0.25) is 0 Å². The Kier molecular flexibility index (Phi) is 6.51. The van der Waals surface area contributed by atoms with Gasteiger partial charge in [0.15, 0.2) is 11.5 Å². The molecular formula is C25H25ClN4O3. The number of benzene rings is 2. The van der Waals surface area contributed by atoms with Gasteiger partial charge in [0.25, 0.3) is 5.91 Å². The van der Waals surface area contributed by atoms with E-state index in [9.17, 15) is 4.79 Å². The summed E-state index contributed by atoms with van der Waals surface area (Å²) >= 11 is 6.32. The molecule has 1 amide bonds. The molecule has 7 nitrogen and oxygen atoms in total. The van der Waals surface area contributed by atoms with E-state index in [1.54, 1.807) is 17.8 Å². The number of nitrogens with zero attached hydrogens (tertiary/aromatic N) is 3. The Bertz CT molecular complexity index is 1270. The van der Waals surface area contributed by atoms with Gasteiger partial charge in [-0.1, -0.05) is 52.7 Å². The fourth-order valence-corrected chi connectivity index (χ4v) is 3.72. The van der Waals surface area contributed by atoms with E-state index in [4.69, 9.17) is 20.9 Å². The first-order valence-electron chi connectivity index (χ1n) is 10.5. The molecule has 33 heavy (non-hydrogen) atoms. The minimum Gasteiger partial charge on any atom is -0.489 e. The maximum absolute atomic E-state index is 12.9. The molecule has 0 radical (unpaired) electrons. The van der Waals surface area contributed by atoms with Crippen molar-refractivity contribution in [3.05, 3.63) is 93.0 Å². The zero-order valence-corrected chi connectivity index (χ0v) is 19.7. The molecular weight excluding hydrogens is 440 g/mol. The van der Waals surface area contributed by atoms with Crippen molar-refractivity contribution in [3.63, 3.8) is 0 Å². The Hall–Kier alpha value is -3.58. The second-order valence-corrected chi connectivity index (χ2v) is 8.55. The Morgan fingerprint density at radius 3 is 2.45 bits per heavy atom. The summed E-state index contributed by atoms with van der Waals surface area (Å²) < 4.78 is 12.9. The van der Waals surface area contributed by atoms with Crippen molar-refractivity contribution in [3.8, 4) is 5.75 Å². The van der Waals surface area contributed by atoms with E-state index in [1.165, 1.54) is 5.56 Å². The first-order chi connectivity index (χ1) is 15.8. The zero-order chi connectivity index (χ0) is 23.5. The number of ether oxygens (including phenoxy) is 1. The van der Waals surface area contributed by atoms with Crippen LogP contribution in [0.25, 0.3) is 0 Å². The van der Waals surface area contributed by atoms with Crippen LogP contribution in [0.1, 0.15) is 44.1 Å². The van der Waals surface area contributed by atoms with Crippen molar-refractivity contribution in [1.29, 1.82) is 0 Å². The van der Waals surface area contributed by atoms with E-state index in [0.29, 0.717) is 22.9 Å². The van der Waals surface area contributed by atoms with E-state index in [-0.39, 0.29) is 18.1 Å². The molecule has 4 aromatic rings. The predicted molar refractivity (Wildman–Crippen MR) is 127 cm³/mol. The van der Waals surface area contributed by atoms with E-state index >= 15 is 0 Å². The van der Waals surface area contributed by atoms with Gasteiger partial charge < -0.3 is 14.6 Å². The number of aromatic nitrogens is 3. The molecule has 2 heterocycles. The molecule has 170 valence electrons. The molecule has 1 N–H and O–H groups in total. The Labute approximate surface area is 197 Å². The number of nitrogens with one attached hydrogen (secondary N) is 1. The van der Waals surface area contributed by atoms with Crippen molar-refractivity contribution in [2.45, 2.75) is 40.8 Å². The number of amides is 1. The number of halogens is 1. The van der Waals surface area contributed by atoms with Crippen LogP contribution in [-0.4, -0.2) is 20.8 Å². The summed E-state index contributed by atoms with van der Waals surface area (Å²) in [6, 6.07) is 14.1. The molecule has 0 spiro atoms. The first kappa shape index (κ1) is 22.6. The zero-order valence-electron chi connectivity index (χ0n) is 19.0. The number of carbonyl (C=O) groups excluding carboxylic acids is 1. The van der Waals surface area contributed by atoms with Gasteiger partial charge in [-0.05, 0) is 56.5 Å². The summed E-state index contributed by atoms with van der Waals surface area (Å²) in [6.07, 6.45) is 1.68. The van der Waals surface area contributed by atoms with E-state index < -0.39 is 5.91 Å². The van der Waals surface area contributed by atoms with Crippen LogP contribution in [0.2, 0.25) is 5.02 Å². The van der Waals surface area contributed by atoms with Crippen molar-refractivity contribution in [1.82, 2.24) is 14.9 Å². The van der Waals surface area contributed by atoms with Gasteiger partial charge in [-0.25, -0.2) is 0 Å². The first-order valence-corrected chi connectivity index (χ1v) is 10.9. The minimum atomic E-state index is -0.464. The summed E-state index contributed by atoms with van der Waals surface area (Å²) in [5.41, 5.74) is 5.17. The van der Waals surface area contributed by atoms with Crippen LogP contribution >= 0.6 is 11.6 Å². The highest BCUT2D eigenvalue weighted by Crippen LogP contribution is 2.24. The van der Waals surface area contributed by atoms with Gasteiger partial charge in [-0.2, -0.15) is 5.10 Å². The van der Waals surface area contributed by atoms with Gasteiger partial charge in [-0.3, -0.25) is 9.48 Å². The van der Waals surface area contributed by atoms with Crippen molar-refractivity contribution < 1.29 is 14.1 Å². The second-order valence-electron chi connectivity index (χ2n) is 8.14. The SMILES string of the molecule is Cc1ccc(Cn2cc(Cl)c(NC(=O)c3noc(C)c3COc3cc(C)cc(C)c3)n2)cc1. The largest absolute Gasteiger partial charge is 0.489 e. The Morgan fingerprint density at radius 2 is 1.76 bits per heavy atom. The lowest BCUT2D eigenvalue weighted by molar-refractivity contribution is 0.101. The maximum atomic E-state index is 12.9. The van der Waals surface area contributed by atoms with Crippen LogP contribution in [0.4, 0.5) is 5.82 Å². The van der Waals surface area contributed by atoms with Crippen LogP contribution in [-0.2, 0) is 13.2 Å². The molecule has 0 fully saturated rings. The molecule has 0 aliphatic rings. The van der Waals surface area contributed by atoms with Gasteiger partial charge in [0.1, 0.15) is 23.1 Å². The molecule has 0 saturated carbocycles. The molecule has 8 heteroatoms. The molecule has 0 aliphatic heterocycles. The standard InChI is InChI=1S/C25H25ClN4O3/c1-15-5-7-19(8-6-15)12-30-13-22(26)24(28-30)27-25(31)23-21(18(4)33-29-23)14-32-20-10-16(2)9-17(3)11-20/h5-11,13H,12,14H2,1-4H3,(H,27,28,31). The fourth-order valence-electron chi connectivity index (χ4n) is 3.52. The molecule has 0 atom stereocenters. The molecule has 0 aliphatic carbocycles. The lowest BCUT2D eigenvalue weighted by atomic mass is 10.1. The van der Waals surface area contributed by atoms with Crippen LogP contribution < -0.4 is 10.1 Å². The maximum Gasteiger partial charge on any atom is 0.279 e. The van der Waals surface area contributed by atoms with Gasteiger partial charge in [0, 0.05) is 6.20 Å². The Morgan fingerprint density at radius 1 is 1.06 bits per heavy atom. The lowest BCUT2D eigenvalue weighted by Crippen LogP contribution is -2.16. The summed E-state index contributed by atoms with van der Waals surface area (Å²) in [5, 5.41) is 11.4. The molecule has 4 rings (SSSR count).